The van der Waals surface area contributed by atoms with Crippen LogP contribution in [0.1, 0.15) is 6.92 Å². The molecule has 3 heteroatoms. The number of hydrogen-bond acceptors (Lipinski definition) is 3. The molecule has 58 valence electrons. The van der Waals surface area contributed by atoms with Gasteiger partial charge in [0.05, 0.1) is 0 Å². The highest BCUT2D eigenvalue weighted by Gasteiger charge is 2.06. The maximum Gasteiger partial charge on any atom is 0.110 e. The van der Waals surface area contributed by atoms with Crippen LogP contribution in [0.4, 0.5) is 0 Å². The summed E-state index contributed by atoms with van der Waals surface area (Å²) in [6.45, 7) is 5.17. The highest BCUT2D eigenvalue weighted by molar-refractivity contribution is 5.25. The Morgan fingerprint density at radius 3 is 2.70 bits per heavy atom. The van der Waals surface area contributed by atoms with Crippen molar-refractivity contribution >= 4 is 6.72 Å². The molecule has 0 saturated carbocycles. The van der Waals surface area contributed by atoms with E-state index < -0.39 is 6.23 Å². The summed E-state index contributed by atoms with van der Waals surface area (Å²) >= 11 is 0. The molecule has 10 heavy (non-hydrogen) atoms. The molecule has 0 aromatic rings. The quantitative estimate of drug-likeness (QED) is 0.440. The first-order valence-electron chi connectivity index (χ1n) is 3.20. The minimum atomic E-state index is -0.502. The summed E-state index contributed by atoms with van der Waals surface area (Å²) in [5, 5.41) is 11.8. The van der Waals surface area contributed by atoms with E-state index in [1.54, 1.807) is 19.3 Å². The molecule has 0 aromatic carbocycles. The number of hydrogen-bond donors (Lipinski definition) is 2. The van der Waals surface area contributed by atoms with Gasteiger partial charge in [0.15, 0.2) is 0 Å². The van der Waals surface area contributed by atoms with Gasteiger partial charge in [0.1, 0.15) is 6.23 Å². The molecule has 0 saturated heterocycles. The Kier molecular flexibility index (Phi) is 4.80. The van der Waals surface area contributed by atoms with Crippen molar-refractivity contribution in [1.82, 2.24) is 5.32 Å². The van der Waals surface area contributed by atoms with Crippen LogP contribution >= 0.6 is 0 Å². The molecular weight excluding hydrogens is 128 g/mol. The van der Waals surface area contributed by atoms with Gasteiger partial charge in [-0.1, -0.05) is 13.0 Å². The summed E-state index contributed by atoms with van der Waals surface area (Å²) in [7, 11) is 1.70. The largest absolute Gasteiger partial charge is 0.378 e. The molecule has 0 bridgehead atoms. The van der Waals surface area contributed by atoms with E-state index >= 15 is 0 Å². The number of rotatable bonds is 4. The SMILES string of the molecule is C=N/C=C\C(C)C(O)NC. The predicted octanol–water partition coefficient (Wildman–Crippen LogP) is 0.375. The van der Waals surface area contributed by atoms with Gasteiger partial charge in [0.2, 0.25) is 0 Å². The van der Waals surface area contributed by atoms with E-state index in [0.29, 0.717) is 0 Å². The van der Waals surface area contributed by atoms with Crippen LogP contribution in [0.5, 0.6) is 0 Å². The van der Waals surface area contributed by atoms with Crippen LogP contribution in [0, 0.1) is 5.92 Å². The lowest BCUT2D eigenvalue weighted by molar-refractivity contribution is 0.111. The number of nitrogens with zero attached hydrogens (tertiary/aromatic N) is 1. The first-order valence-corrected chi connectivity index (χ1v) is 3.20. The molecule has 0 aliphatic rings. The normalized spacial score (nSPS) is 17.1. The van der Waals surface area contributed by atoms with Gasteiger partial charge in [0, 0.05) is 12.1 Å². The lowest BCUT2D eigenvalue weighted by Crippen LogP contribution is -2.30. The van der Waals surface area contributed by atoms with Gasteiger partial charge in [-0.15, -0.1) is 0 Å². The van der Waals surface area contributed by atoms with Crippen LogP contribution < -0.4 is 5.32 Å². The fraction of sp³-hybridized carbons (Fsp3) is 0.571. The minimum Gasteiger partial charge on any atom is -0.378 e. The second-order valence-electron chi connectivity index (χ2n) is 2.12. The molecule has 0 radical (unpaired) electrons. The third-order valence-electron chi connectivity index (χ3n) is 1.29. The van der Waals surface area contributed by atoms with Crippen LogP contribution in [-0.4, -0.2) is 25.1 Å². The van der Waals surface area contributed by atoms with E-state index in [9.17, 15) is 0 Å². The molecule has 2 N–H and O–H groups in total. The molecule has 0 aromatic heterocycles. The van der Waals surface area contributed by atoms with Crippen LogP contribution in [0.2, 0.25) is 0 Å². The summed E-state index contributed by atoms with van der Waals surface area (Å²) < 4.78 is 0. The molecular formula is C7H14N2O. The summed E-state index contributed by atoms with van der Waals surface area (Å²) in [6.07, 6.45) is 2.86. The maximum atomic E-state index is 9.13. The van der Waals surface area contributed by atoms with Crippen molar-refractivity contribution in [3.05, 3.63) is 12.3 Å². The van der Waals surface area contributed by atoms with Gasteiger partial charge < -0.3 is 5.11 Å². The van der Waals surface area contributed by atoms with Crippen molar-refractivity contribution in [1.29, 1.82) is 0 Å². The zero-order valence-electron chi connectivity index (χ0n) is 6.41. The fourth-order valence-electron chi connectivity index (χ4n) is 0.565. The van der Waals surface area contributed by atoms with Gasteiger partial charge >= 0.3 is 0 Å². The van der Waals surface area contributed by atoms with Crippen LogP contribution in [0.3, 0.4) is 0 Å². The van der Waals surface area contributed by atoms with E-state index in [2.05, 4.69) is 17.0 Å². The molecule has 0 aliphatic heterocycles. The molecule has 0 fully saturated rings. The van der Waals surface area contributed by atoms with E-state index in [4.69, 9.17) is 5.11 Å². The number of aliphatic hydroxyl groups excluding tert-OH is 1. The second kappa shape index (κ2) is 5.14. The second-order valence-corrected chi connectivity index (χ2v) is 2.12. The Hall–Kier alpha value is -0.670. The Bertz CT molecular complexity index is 123. The Morgan fingerprint density at radius 2 is 2.30 bits per heavy atom. The number of nitrogens with one attached hydrogen (secondary N) is 1. The standard InChI is InChI=1S/C7H14N2O/c1-6(4-5-8-2)7(10)9-3/h4-7,9-10H,2H2,1,3H3/b5-4-. The van der Waals surface area contributed by atoms with Crippen molar-refractivity contribution in [2.24, 2.45) is 10.9 Å². The zero-order chi connectivity index (χ0) is 7.98. The first-order chi connectivity index (χ1) is 4.72. The summed E-state index contributed by atoms with van der Waals surface area (Å²) in [5.41, 5.74) is 0. The first kappa shape index (κ1) is 9.33. The van der Waals surface area contributed by atoms with Crippen LogP contribution in [0.25, 0.3) is 0 Å². The molecule has 0 rings (SSSR count). The van der Waals surface area contributed by atoms with Gasteiger partial charge in [-0.3, -0.25) is 10.3 Å². The van der Waals surface area contributed by atoms with Crippen molar-refractivity contribution in [2.75, 3.05) is 7.05 Å². The molecule has 2 unspecified atom stereocenters. The van der Waals surface area contributed by atoms with Gasteiger partial charge in [0.25, 0.3) is 0 Å². The van der Waals surface area contributed by atoms with E-state index in [0.717, 1.165) is 0 Å². The van der Waals surface area contributed by atoms with Crippen molar-refractivity contribution in [3.8, 4) is 0 Å². The lowest BCUT2D eigenvalue weighted by atomic mass is 10.1. The minimum absolute atomic E-state index is 0.0653. The van der Waals surface area contributed by atoms with Gasteiger partial charge in [-0.05, 0) is 13.8 Å². The summed E-state index contributed by atoms with van der Waals surface area (Å²) in [4.78, 5) is 3.52. The fourth-order valence-corrected chi connectivity index (χ4v) is 0.565. The van der Waals surface area contributed by atoms with Crippen molar-refractivity contribution < 1.29 is 5.11 Å². The highest BCUT2D eigenvalue weighted by atomic mass is 16.3. The smallest absolute Gasteiger partial charge is 0.110 e. The Labute approximate surface area is 61.5 Å². The van der Waals surface area contributed by atoms with Crippen molar-refractivity contribution in [2.45, 2.75) is 13.2 Å². The topological polar surface area (TPSA) is 44.6 Å². The van der Waals surface area contributed by atoms with Gasteiger partial charge in [-0.25, -0.2) is 0 Å². The summed E-state index contributed by atoms with van der Waals surface area (Å²) in [5.74, 6) is 0.0653. The van der Waals surface area contributed by atoms with Gasteiger partial charge in [-0.2, -0.15) is 0 Å². The number of aliphatic hydroxyl groups is 1. The molecule has 0 amide bonds. The van der Waals surface area contributed by atoms with Crippen LogP contribution in [-0.2, 0) is 0 Å². The number of aliphatic imine (C=N–C) groups is 1. The monoisotopic (exact) mass is 142 g/mol. The average Bonchev–Trinajstić information content (AvgIpc) is 1.98. The Balaban J connectivity index is 3.70. The summed E-state index contributed by atoms with van der Waals surface area (Å²) in [6, 6.07) is 0. The molecule has 0 spiro atoms. The highest BCUT2D eigenvalue weighted by Crippen LogP contribution is 2.00. The maximum absolute atomic E-state index is 9.13. The molecule has 3 nitrogen and oxygen atoms in total. The van der Waals surface area contributed by atoms with Crippen molar-refractivity contribution in [3.63, 3.8) is 0 Å². The molecule has 2 atom stereocenters. The average molecular weight is 142 g/mol. The van der Waals surface area contributed by atoms with E-state index in [1.165, 1.54) is 0 Å². The Morgan fingerprint density at radius 1 is 1.70 bits per heavy atom. The molecule has 0 aliphatic carbocycles. The lowest BCUT2D eigenvalue weighted by Gasteiger charge is -2.12. The van der Waals surface area contributed by atoms with Crippen LogP contribution in [0.15, 0.2) is 17.3 Å². The van der Waals surface area contributed by atoms with E-state index in [1.807, 2.05) is 6.92 Å². The third kappa shape index (κ3) is 3.37. The predicted molar refractivity (Wildman–Crippen MR) is 42.9 cm³/mol. The van der Waals surface area contributed by atoms with E-state index in [-0.39, 0.29) is 5.92 Å². The zero-order valence-corrected chi connectivity index (χ0v) is 6.41. The third-order valence-corrected chi connectivity index (χ3v) is 1.29. The molecule has 0 heterocycles.